The summed E-state index contributed by atoms with van der Waals surface area (Å²) in [6.07, 6.45) is 3.96. The Morgan fingerprint density at radius 1 is 1.07 bits per heavy atom. The molecule has 30 heavy (non-hydrogen) atoms. The minimum absolute atomic E-state index is 0.176. The van der Waals surface area contributed by atoms with Gasteiger partial charge >= 0.3 is 0 Å². The number of anilines is 1. The van der Waals surface area contributed by atoms with E-state index in [1.807, 2.05) is 0 Å². The minimum Gasteiger partial charge on any atom is -0.369 e. The third-order valence-electron chi connectivity index (χ3n) is 5.14. The summed E-state index contributed by atoms with van der Waals surface area (Å²) in [6.45, 7) is 3.92. The lowest BCUT2D eigenvalue weighted by atomic mass is 10.2. The number of aromatic nitrogens is 3. The summed E-state index contributed by atoms with van der Waals surface area (Å²) in [6, 6.07) is 9.58. The smallest absolute Gasteiger partial charge is 0.246 e. The molecule has 0 atom stereocenters. The Balaban J connectivity index is 1.52. The zero-order valence-corrected chi connectivity index (χ0v) is 18.4. The summed E-state index contributed by atoms with van der Waals surface area (Å²) in [7, 11) is -3.70. The van der Waals surface area contributed by atoms with Gasteiger partial charge in [0.2, 0.25) is 10.0 Å². The van der Waals surface area contributed by atoms with Crippen LogP contribution in [-0.2, 0) is 10.0 Å². The van der Waals surface area contributed by atoms with Crippen molar-refractivity contribution in [3.05, 3.63) is 48.4 Å². The second kappa shape index (κ2) is 8.91. The van der Waals surface area contributed by atoms with Crippen LogP contribution in [0.5, 0.6) is 0 Å². The molecule has 3 heterocycles. The fourth-order valence-corrected chi connectivity index (χ4v) is 6.00. The van der Waals surface area contributed by atoms with Crippen molar-refractivity contribution < 1.29 is 12.8 Å². The predicted octanol–water partition coefficient (Wildman–Crippen LogP) is 3.27. The molecule has 0 amide bonds. The zero-order chi connectivity index (χ0) is 21.1. The second-order valence-electron chi connectivity index (χ2n) is 7.12. The molecule has 1 aromatic carbocycles. The molecule has 0 aliphatic carbocycles. The van der Waals surface area contributed by atoms with E-state index in [1.165, 1.54) is 16.4 Å². The van der Waals surface area contributed by atoms with E-state index < -0.39 is 10.0 Å². The topological polar surface area (TPSA) is 70.8 Å². The van der Waals surface area contributed by atoms with E-state index in [2.05, 4.69) is 22.0 Å². The van der Waals surface area contributed by atoms with Crippen LogP contribution in [0.25, 0.3) is 5.65 Å². The second-order valence-corrected chi connectivity index (χ2v) is 10.1. The number of pyridine rings is 1. The lowest BCUT2D eigenvalue weighted by molar-refractivity contribution is 0.385. The molecule has 0 spiro atoms. The van der Waals surface area contributed by atoms with Crippen molar-refractivity contribution >= 4 is 33.1 Å². The number of nitrogens with zero attached hydrogens (tertiary/aromatic N) is 5. The standard InChI is InChI=1S/C20H24FN5O2S2/c1-2-3-15-29-20-23-22-19-18(5-4-10-26(19)20)30(27,28)25-13-11-24(12-14-25)17-8-6-16(21)7-9-17/h4-10H,2-3,11-15H2,1H3. The predicted molar refractivity (Wildman–Crippen MR) is 116 cm³/mol. The van der Waals surface area contributed by atoms with Crippen LogP contribution in [0.2, 0.25) is 0 Å². The van der Waals surface area contributed by atoms with Crippen LogP contribution in [0, 0.1) is 5.82 Å². The van der Waals surface area contributed by atoms with Crippen LogP contribution in [0.3, 0.4) is 0 Å². The number of halogens is 1. The Labute approximate surface area is 179 Å². The minimum atomic E-state index is -3.70. The van der Waals surface area contributed by atoms with Crippen LogP contribution in [0.1, 0.15) is 19.8 Å². The highest BCUT2D eigenvalue weighted by Crippen LogP contribution is 2.26. The molecule has 0 radical (unpaired) electrons. The number of rotatable bonds is 7. The number of benzene rings is 1. The van der Waals surface area contributed by atoms with Crippen molar-refractivity contribution in [1.82, 2.24) is 18.9 Å². The van der Waals surface area contributed by atoms with Crippen molar-refractivity contribution in [2.45, 2.75) is 29.8 Å². The molecule has 4 rings (SSSR count). The Hall–Kier alpha value is -2.17. The molecule has 1 aliphatic heterocycles. The van der Waals surface area contributed by atoms with Crippen molar-refractivity contribution in [1.29, 1.82) is 0 Å². The van der Waals surface area contributed by atoms with Gasteiger partial charge in [0, 0.05) is 43.8 Å². The number of thioether (sulfide) groups is 1. The van der Waals surface area contributed by atoms with Gasteiger partial charge in [-0.25, -0.2) is 12.8 Å². The van der Waals surface area contributed by atoms with Crippen molar-refractivity contribution in [2.24, 2.45) is 0 Å². The number of sulfonamides is 1. The number of fused-ring (bicyclic) bond motifs is 1. The van der Waals surface area contributed by atoms with Gasteiger partial charge in [0.25, 0.3) is 0 Å². The largest absolute Gasteiger partial charge is 0.369 e. The summed E-state index contributed by atoms with van der Waals surface area (Å²) < 4.78 is 43.1. The van der Waals surface area contributed by atoms with Crippen LogP contribution in [0.15, 0.2) is 52.6 Å². The molecule has 1 fully saturated rings. The molecule has 0 bridgehead atoms. The van der Waals surface area contributed by atoms with E-state index in [4.69, 9.17) is 0 Å². The molecule has 0 unspecified atom stereocenters. The highest BCUT2D eigenvalue weighted by Gasteiger charge is 2.31. The average Bonchev–Trinajstić information content (AvgIpc) is 3.18. The molecule has 1 saturated heterocycles. The monoisotopic (exact) mass is 449 g/mol. The SMILES string of the molecule is CCCCSc1nnc2c(S(=O)(=O)N3CCN(c4ccc(F)cc4)CC3)cccn12. The number of piperazine rings is 1. The van der Waals surface area contributed by atoms with Gasteiger partial charge in [-0.15, -0.1) is 10.2 Å². The van der Waals surface area contributed by atoms with Gasteiger partial charge < -0.3 is 4.90 Å². The summed E-state index contributed by atoms with van der Waals surface area (Å²) >= 11 is 1.58. The van der Waals surface area contributed by atoms with Gasteiger partial charge in [-0.05, 0) is 42.8 Å². The van der Waals surface area contributed by atoms with Crippen molar-refractivity contribution in [3.63, 3.8) is 0 Å². The molecule has 160 valence electrons. The maximum atomic E-state index is 13.3. The molecule has 1 aliphatic rings. The first-order valence-corrected chi connectivity index (χ1v) is 12.4. The quantitative estimate of drug-likeness (QED) is 0.407. The summed E-state index contributed by atoms with van der Waals surface area (Å²) in [5, 5.41) is 9.07. The van der Waals surface area contributed by atoms with Crippen molar-refractivity contribution in [2.75, 3.05) is 36.8 Å². The Bertz CT molecular complexity index is 1110. The van der Waals surface area contributed by atoms with E-state index in [0.717, 1.165) is 24.3 Å². The zero-order valence-electron chi connectivity index (χ0n) is 16.7. The first kappa shape index (κ1) is 21.1. The lowest BCUT2D eigenvalue weighted by Crippen LogP contribution is -2.48. The fraction of sp³-hybridized carbons (Fsp3) is 0.400. The first-order valence-electron chi connectivity index (χ1n) is 9.98. The molecule has 2 aromatic heterocycles. The van der Waals surface area contributed by atoms with Crippen LogP contribution in [-0.4, -0.2) is 59.3 Å². The van der Waals surface area contributed by atoms with E-state index >= 15 is 0 Å². The molecule has 10 heteroatoms. The van der Waals surface area contributed by atoms with E-state index in [9.17, 15) is 12.8 Å². The molecular weight excluding hydrogens is 425 g/mol. The van der Waals surface area contributed by atoms with E-state index in [1.54, 1.807) is 46.6 Å². The average molecular weight is 450 g/mol. The fourth-order valence-electron chi connectivity index (χ4n) is 3.46. The summed E-state index contributed by atoms with van der Waals surface area (Å²) in [5.41, 5.74) is 1.25. The van der Waals surface area contributed by atoms with Gasteiger partial charge in [0.05, 0.1) is 0 Å². The maximum absolute atomic E-state index is 13.3. The highest BCUT2D eigenvalue weighted by molar-refractivity contribution is 7.99. The summed E-state index contributed by atoms with van der Waals surface area (Å²) in [5.74, 6) is 0.633. The Morgan fingerprint density at radius 3 is 2.50 bits per heavy atom. The van der Waals surface area contributed by atoms with Gasteiger partial charge in [-0.3, -0.25) is 4.40 Å². The van der Waals surface area contributed by atoms with Gasteiger partial charge in [-0.2, -0.15) is 4.31 Å². The van der Waals surface area contributed by atoms with E-state index in [-0.39, 0.29) is 10.7 Å². The Morgan fingerprint density at radius 2 is 1.80 bits per heavy atom. The van der Waals surface area contributed by atoms with Crippen LogP contribution < -0.4 is 4.90 Å². The third kappa shape index (κ3) is 4.17. The number of hydrogen-bond acceptors (Lipinski definition) is 6. The molecule has 7 nitrogen and oxygen atoms in total. The first-order chi connectivity index (χ1) is 14.5. The molecular formula is C20H24FN5O2S2. The normalized spacial score (nSPS) is 15.7. The van der Waals surface area contributed by atoms with Crippen LogP contribution in [0.4, 0.5) is 10.1 Å². The van der Waals surface area contributed by atoms with E-state index in [0.29, 0.717) is 37.0 Å². The van der Waals surface area contributed by atoms with Gasteiger partial charge in [-0.1, -0.05) is 25.1 Å². The Kier molecular flexibility index (Phi) is 6.26. The lowest BCUT2D eigenvalue weighted by Gasteiger charge is -2.35. The van der Waals surface area contributed by atoms with Gasteiger partial charge in [0.1, 0.15) is 10.7 Å². The maximum Gasteiger partial charge on any atom is 0.246 e. The summed E-state index contributed by atoms with van der Waals surface area (Å²) in [4.78, 5) is 2.24. The number of unbranched alkanes of at least 4 members (excludes halogenated alkanes) is 1. The van der Waals surface area contributed by atoms with Crippen molar-refractivity contribution in [3.8, 4) is 0 Å². The van der Waals surface area contributed by atoms with Crippen LogP contribution >= 0.6 is 11.8 Å². The highest BCUT2D eigenvalue weighted by atomic mass is 32.2. The molecule has 0 N–H and O–H groups in total. The third-order valence-corrected chi connectivity index (χ3v) is 8.09. The number of hydrogen-bond donors (Lipinski definition) is 0. The molecule has 0 saturated carbocycles. The van der Waals surface area contributed by atoms with Gasteiger partial charge in [0.15, 0.2) is 10.8 Å². The molecule has 3 aromatic rings.